The highest BCUT2D eigenvalue weighted by atomic mass is 16.3. The summed E-state index contributed by atoms with van der Waals surface area (Å²) >= 11 is 0. The van der Waals surface area contributed by atoms with Gasteiger partial charge in [-0.3, -0.25) is 0 Å². The first-order valence-electron chi connectivity index (χ1n) is 6.14. The second-order valence-electron chi connectivity index (χ2n) is 5.20. The maximum Gasteiger partial charge on any atom is 0.0610 e. The third-order valence-electron chi connectivity index (χ3n) is 3.78. The molecule has 1 fully saturated rings. The van der Waals surface area contributed by atoms with Gasteiger partial charge in [0, 0.05) is 5.54 Å². The van der Waals surface area contributed by atoms with Gasteiger partial charge in [-0.1, -0.05) is 6.92 Å². The predicted octanol–water partition coefficient (Wildman–Crippen LogP) is 1.08. The fraction of sp³-hybridized carbons (Fsp3) is 1.00. The molecule has 1 aliphatic rings. The Balaban J connectivity index is 2.24. The van der Waals surface area contributed by atoms with Gasteiger partial charge >= 0.3 is 0 Å². The summed E-state index contributed by atoms with van der Waals surface area (Å²) in [4.78, 5) is 2.39. The lowest BCUT2D eigenvalue weighted by Crippen LogP contribution is -2.48. The Morgan fingerprint density at radius 3 is 2.47 bits per heavy atom. The third-order valence-corrected chi connectivity index (χ3v) is 3.78. The van der Waals surface area contributed by atoms with E-state index in [4.69, 9.17) is 0 Å². The molecule has 1 aliphatic heterocycles. The largest absolute Gasteiger partial charge is 0.394 e. The number of rotatable bonds is 5. The van der Waals surface area contributed by atoms with Gasteiger partial charge in [0.15, 0.2) is 0 Å². The topological polar surface area (TPSA) is 35.5 Å². The van der Waals surface area contributed by atoms with Crippen molar-refractivity contribution in [3.63, 3.8) is 0 Å². The van der Waals surface area contributed by atoms with E-state index in [1.54, 1.807) is 0 Å². The fourth-order valence-electron chi connectivity index (χ4n) is 1.95. The Kier molecular flexibility index (Phi) is 5.03. The summed E-state index contributed by atoms with van der Waals surface area (Å²) in [5.74, 6) is 0.790. The molecule has 0 aromatic carbocycles. The van der Waals surface area contributed by atoms with Crippen molar-refractivity contribution < 1.29 is 5.11 Å². The molecule has 3 heteroatoms. The number of aliphatic hydroxyl groups is 1. The van der Waals surface area contributed by atoms with Gasteiger partial charge in [-0.25, -0.2) is 0 Å². The summed E-state index contributed by atoms with van der Waals surface area (Å²) in [6.45, 7) is 7.94. The number of likely N-dealkylation sites (tertiary alicyclic amines) is 1. The van der Waals surface area contributed by atoms with E-state index in [0.29, 0.717) is 0 Å². The molecule has 15 heavy (non-hydrogen) atoms. The molecule has 0 aromatic rings. The Hall–Kier alpha value is -0.120. The Labute approximate surface area is 93.9 Å². The van der Waals surface area contributed by atoms with Crippen molar-refractivity contribution in [1.29, 1.82) is 0 Å². The van der Waals surface area contributed by atoms with Gasteiger partial charge in [-0.05, 0) is 58.8 Å². The standard InChI is InChI=1S/C12H26N2O/c1-4-12(2,10-15)13-9-11-5-7-14(3)8-6-11/h11,13,15H,4-10H2,1-3H3. The summed E-state index contributed by atoms with van der Waals surface area (Å²) in [5, 5.41) is 12.8. The molecular formula is C12H26N2O. The van der Waals surface area contributed by atoms with Crippen LogP contribution in [0.5, 0.6) is 0 Å². The summed E-state index contributed by atoms with van der Waals surface area (Å²) < 4.78 is 0. The molecule has 1 heterocycles. The molecule has 0 saturated carbocycles. The van der Waals surface area contributed by atoms with E-state index in [1.807, 2.05) is 0 Å². The predicted molar refractivity (Wildman–Crippen MR) is 64.0 cm³/mol. The van der Waals surface area contributed by atoms with Gasteiger partial charge in [-0.2, -0.15) is 0 Å². The number of aliphatic hydroxyl groups excluding tert-OH is 1. The van der Waals surface area contributed by atoms with Gasteiger partial charge in [0.05, 0.1) is 6.61 Å². The molecule has 1 saturated heterocycles. The molecule has 0 aromatic heterocycles. The quantitative estimate of drug-likeness (QED) is 0.719. The van der Waals surface area contributed by atoms with Crippen LogP contribution in [0, 0.1) is 5.92 Å². The minimum atomic E-state index is -0.0800. The van der Waals surface area contributed by atoms with E-state index in [2.05, 4.69) is 31.1 Å². The van der Waals surface area contributed by atoms with Crippen LogP contribution in [-0.4, -0.2) is 48.8 Å². The van der Waals surface area contributed by atoms with E-state index in [1.165, 1.54) is 25.9 Å². The minimum absolute atomic E-state index is 0.0800. The first kappa shape index (κ1) is 12.9. The number of hydrogen-bond donors (Lipinski definition) is 2. The zero-order valence-corrected chi connectivity index (χ0v) is 10.4. The highest BCUT2D eigenvalue weighted by Gasteiger charge is 2.23. The van der Waals surface area contributed by atoms with Gasteiger partial charge in [0.1, 0.15) is 0 Å². The fourth-order valence-corrected chi connectivity index (χ4v) is 1.95. The molecule has 2 N–H and O–H groups in total. The second-order valence-corrected chi connectivity index (χ2v) is 5.20. The van der Waals surface area contributed by atoms with Gasteiger partial charge < -0.3 is 15.3 Å². The SMILES string of the molecule is CCC(C)(CO)NCC1CCN(C)CC1. The zero-order valence-electron chi connectivity index (χ0n) is 10.4. The van der Waals surface area contributed by atoms with E-state index < -0.39 is 0 Å². The van der Waals surface area contributed by atoms with Crippen molar-refractivity contribution in [2.24, 2.45) is 5.92 Å². The van der Waals surface area contributed by atoms with E-state index in [9.17, 15) is 5.11 Å². The average Bonchev–Trinajstić information content (AvgIpc) is 2.28. The van der Waals surface area contributed by atoms with Gasteiger partial charge in [0.25, 0.3) is 0 Å². The first-order valence-corrected chi connectivity index (χ1v) is 6.14. The van der Waals surface area contributed by atoms with Crippen molar-refractivity contribution in [3.8, 4) is 0 Å². The van der Waals surface area contributed by atoms with Crippen molar-refractivity contribution in [2.75, 3.05) is 33.3 Å². The maximum atomic E-state index is 9.29. The van der Waals surface area contributed by atoms with Crippen molar-refractivity contribution in [2.45, 2.75) is 38.6 Å². The smallest absolute Gasteiger partial charge is 0.0610 e. The number of nitrogens with zero attached hydrogens (tertiary/aromatic N) is 1. The molecule has 0 amide bonds. The van der Waals surface area contributed by atoms with Crippen LogP contribution in [0.3, 0.4) is 0 Å². The van der Waals surface area contributed by atoms with Crippen molar-refractivity contribution in [3.05, 3.63) is 0 Å². The Morgan fingerprint density at radius 1 is 1.40 bits per heavy atom. The van der Waals surface area contributed by atoms with Crippen LogP contribution < -0.4 is 5.32 Å². The molecule has 1 atom stereocenters. The highest BCUT2D eigenvalue weighted by molar-refractivity contribution is 4.82. The maximum absolute atomic E-state index is 9.29. The van der Waals surface area contributed by atoms with Crippen LogP contribution in [0.4, 0.5) is 0 Å². The van der Waals surface area contributed by atoms with Gasteiger partial charge in [0.2, 0.25) is 0 Å². The zero-order chi connectivity index (χ0) is 11.3. The van der Waals surface area contributed by atoms with E-state index in [0.717, 1.165) is 18.9 Å². The number of hydrogen-bond acceptors (Lipinski definition) is 3. The van der Waals surface area contributed by atoms with Crippen LogP contribution in [0.2, 0.25) is 0 Å². The number of nitrogens with one attached hydrogen (secondary N) is 1. The molecule has 0 bridgehead atoms. The molecular weight excluding hydrogens is 188 g/mol. The van der Waals surface area contributed by atoms with Crippen LogP contribution >= 0.6 is 0 Å². The minimum Gasteiger partial charge on any atom is -0.394 e. The molecule has 3 nitrogen and oxygen atoms in total. The van der Waals surface area contributed by atoms with Crippen molar-refractivity contribution in [1.82, 2.24) is 10.2 Å². The number of piperidine rings is 1. The second kappa shape index (κ2) is 5.83. The lowest BCUT2D eigenvalue weighted by atomic mass is 9.94. The van der Waals surface area contributed by atoms with Crippen LogP contribution in [-0.2, 0) is 0 Å². The van der Waals surface area contributed by atoms with Crippen LogP contribution in [0.15, 0.2) is 0 Å². The molecule has 1 unspecified atom stereocenters. The van der Waals surface area contributed by atoms with Gasteiger partial charge in [-0.15, -0.1) is 0 Å². The molecule has 0 spiro atoms. The van der Waals surface area contributed by atoms with E-state index in [-0.39, 0.29) is 12.1 Å². The normalized spacial score (nSPS) is 24.0. The monoisotopic (exact) mass is 214 g/mol. The Morgan fingerprint density at radius 2 is 2.00 bits per heavy atom. The first-order chi connectivity index (χ1) is 7.09. The molecule has 0 radical (unpaired) electrons. The summed E-state index contributed by atoms with van der Waals surface area (Å²) in [6, 6.07) is 0. The molecule has 0 aliphatic carbocycles. The summed E-state index contributed by atoms with van der Waals surface area (Å²) in [7, 11) is 2.19. The molecule has 90 valence electrons. The lowest BCUT2D eigenvalue weighted by Gasteiger charge is -2.33. The van der Waals surface area contributed by atoms with Crippen LogP contribution in [0.1, 0.15) is 33.1 Å². The highest BCUT2D eigenvalue weighted by Crippen LogP contribution is 2.16. The Bertz CT molecular complexity index is 172. The van der Waals surface area contributed by atoms with Crippen LogP contribution in [0.25, 0.3) is 0 Å². The third kappa shape index (κ3) is 4.09. The average molecular weight is 214 g/mol. The van der Waals surface area contributed by atoms with Crippen molar-refractivity contribution >= 4 is 0 Å². The van der Waals surface area contributed by atoms with E-state index >= 15 is 0 Å². The summed E-state index contributed by atoms with van der Waals surface area (Å²) in [5.41, 5.74) is -0.0800. The molecule has 1 rings (SSSR count). The lowest BCUT2D eigenvalue weighted by molar-refractivity contribution is 0.150. The summed E-state index contributed by atoms with van der Waals surface area (Å²) in [6.07, 6.45) is 3.56.